The molecule has 112 valence electrons. The van der Waals surface area contributed by atoms with Crippen LogP contribution in [-0.4, -0.2) is 32.8 Å². The van der Waals surface area contributed by atoms with Crippen LogP contribution in [0.15, 0.2) is 24.4 Å². The van der Waals surface area contributed by atoms with Crippen molar-refractivity contribution in [2.45, 2.75) is 0 Å². The highest BCUT2D eigenvalue weighted by molar-refractivity contribution is 6.35. The molecule has 0 saturated carbocycles. The molecule has 6 nitrogen and oxygen atoms in total. The minimum Gasteiger partial charge on any atom is -0.465 e. The van der Waals surface area contributed by atoms with Gasteiger partial charge in [0.25, 0.3) is 0 Å². The molecule has 3 rings (SSSR count). The third-order valence-electron chi connectivity index (χ3n) is 2.95. The van der Waals surface area contributed by atoms with E-state index in [1.807, 2.05) is 0 Å². The smallest absolute Gasteiger partial charge is 0.340 e. The van der Waals surface area contributed by atoms with Gasteiger partial charge in [0.2, 0.25) is 5.28 Å². The number of ether oxygens (including phenoxy) is 1. The molecule has 0 radical (unpaired) electrons. The normalized spacial score (nSPS) is 10.9. The molecule has 0 atom stereocenters. The fourth-order valence-electron chi connectivity index (χ4n) is 1.99. The first-order chi connectivity index (χ1) is 10.5. The summed E-state index contributed by atoms with van der Waals surface area (Å²) >= 11 is 11.8. The minimum atomic E-state index is -0.704. The molecule has 0 aliphatic carbocycles. The van der Waals surface area contributed by atoms with Crippen LogP contribution in [0.25, 0.3) is 16.7 Å². The number of esters is 1. The van der Waals surface area contributed by atoms with Gasteiger partial charge in [-0.25, -0.2) is 18.9 Å². The van der Waals surface area contributed by atoms with E-state index in [1.54, 1.807) is 0 Å². The summed E-state index contributed by atoms with van der Waals surface area (Å²) in [7, 11) is 1.20. The number of carbonyl (C=O) groups is 1. The van der Waals surface area contributed by atoms with Crippen molar-refractivity contribution in [3.05, 3.63) is 46.2 Å². The Morgan fingerprint density at radius 3 is 2.82 bits per heavy atom. The lowest BCUT2D eigenvalue weighted by Gasteiger charge is -2.09. The van der Waals surface area contributed by atoms with Gasteiger partial charge in [0, 0.05) is 0 Å². The molecule has 22 heavy (non-hydrogen) atoms. The van der Waals surface area contributed by atoms with Crippen molar-refractivity contribution in [2.24, 2.45) is 0 Å². The number of rotatable bonds is 2. The van der Waals surface area contributed by atoms with Gasteiger partial charge in [0.1, 0.15) is 11.0 Å². The monoisotopic (exact) mass is 340 g/mol. The maximum absolute atomic E-state index is 13.4. The second kappa shape index (κ2) is 5.51. The quantitative estimate of drug-likeness (QED) is 0.407. The zero-order valence-electron chi connectivity index (χ0n) is 11.0. The van der Waals surface area contributed by atoms with Crippen molar-refractivity contribution in [1.29, 1.82) is 0 Å². The van der Waals surface area contributed by atoms with Crippen molar-refractivity contribution in [3.63, 3.8) is 0 Å². The van der Waals surface area contributed by atoms with Crippen molar-refractivity contribution in [2.75, 3.05) is 7.11 Å². The Bertz CT molecular complexity index is 897. The van der Waals surface area contributed by atoms with Gasteiger partial charge < -0.3 is 4.74 Å². The molecule has 0 saturated heterocycles. The predicted molar refractivity (Wildman–Crippen MR) is 78.0 cm³/mol. The summed E-state index contributed by atoms with van der Waals surface area (Å²) in [5.74, 6) is -1.28. The van der Waals surface area contributed by atoms with Crippen LogP contribution in [-0.2, 0) is 4.74 Å². The van der Waals surface area contributed by atoms with Gasteiger partial charge in [-0.2, -0.15) is 10.1 Å². The molecule has 2 heterocycles. The molecule has 3 aromatic rings. The molecule has 2 aromatic heterocycles. The van der Waals surface area contributed by atoms with Crippen LogP contribution in [0.5, 0.6) is 0 Å². The highest BCUT2D eigenvalue weighted by Crippen LogP contribution is 2.26. The van der Waals surface area contributed by atoms with Crippen LogP contribution < -0.4 is 0 Å². The summed E-state index contributed by atoms with van der Waals surface area (Å²) in [4.78, 5) is 19.7. The van der Waals surface area contributed by atoms with Crippen LogP contribution in [0.4, 0.5) is 4.39 Å². The molecule has 0 N–H and O–H groups in total. The van der Waals surface area contributed by atoms with E-state index in [9.17, 15) is 9.18 Å². The van der Waals surface area contributed by atoms with Gasteiger partial charge in [-0.15, -0.1) is 0 Å². The number of hydrogen-bond donors (Lipinski definition) is 0. The van der Waals surface area contributed by atoms with Crippen LogP contribution in [0.1, 0.15) is 10.4 Å². The zero-order chi connectivity index (χ0) is 15.9. The highest BCUT2D eigenvalue weighted by atomic mass is 35.5. The van der Waals surface area contributed by atoms with E-state index in [4.69, 9.17) is 23.2 Å². The second-order valence-electron chi connectivity index (χ2n) is 4.23. The van der Waals surface area contributed by atoms with Crippen molar-refractivity contribution in [1.82, 2.24) is 19.7 Å². The SMILES string of the molecule is COC(=O)c1cc(F)ccc1-n1ncc2c(Cl)nc(Cl)nc21. The molecule has 0 bridgehead atoms. The summed E-state index contributed by atoms with van der Waals surface area (Å²) in [5.41, 5.74) is 0.578. The van der Waals surface area contributed by atoms with Gasteiger partial charge in [-0.1, -0.05) is 11.6 Å². The van der Waals surface area contributed by atoms with Crippen LogP contribution in [0.2, 0.25) is 10.4 Å². The van der Waals surface area contributed by atoms with E-state index in [1.165, 1.54) is 30.1 Å². The number of aromatic nitrogens is 4. The van der Waals surface area contributed by atoms with E-state index < -0.39 is 11.8 Å². The number of carbonyl (C=O) groups excluding carboxylic acids is 1. The first-order valence-corrected chi connectivity index (χ1v) is 6.72. The summed E-state index contributed by atoms with van der Waals surface area (Å²) in [6.45, 7) is 0. The number of benzene rings is 1. The number of nitrogens with zero attached hydrogens (tertiary/aromatic N) is 4. The van der Waals surface area contributed by atoms with Gasteiger partial charge in [0.15, 0.2) is 5.65 Å². The Balaban J connectivity index is 2.31. The van der Waals surface area contributed by atoms with Crippen LogP contribution in [0.3, 0.4) is 0 Å². The van der Waals surface area contributed by atoms with Crippen molar-refractivity contribution < 1.29 is 13.9 Å². The van der Waals surface area contributed by atoms with E-state index >= 15 is 0 Å². The lowest BCUT2D eigenvalue weighted by Crippen LogP contribution is -2.09. The average Bonchev–Trinajstić information content (AvgIpc) is 2.90. The lowest BCUT2D eigenvalue weighted by atomic mass is 10.1. The summed E-state index contributed by atoms with van der Waals surface area (Å²) in [6.07, 6.45) is 1.43. The van der Waals surface area contributed by atoms with Gasteiger partial charge in [-0.3, -0.25) is 0 Å². The first kappa shape index (κ1) is 14.7. The van der Waals surface area contributed by atoms with Crippen LogP contribution >= 0.6 is 23.2 Å². The Morgan fingerprint density at radius 2 is 2.09 bits per heavy atom. The number of hydrogen-bond acceptors (Lipinski definition) is 5. The number of halogens is 3. The lowest BCUT2D eigenvalue weighted by molar-refractivity contribution is 0.0600. The molecule has 1 aromatic carbocycles. The molecule has 0 spiro atoms. The number of fused-ring (bicyclic) bond motifs is 1. The Morgan fingerprint density at radius 1 is 1.32 bits per heavy atom. The van der Waals surface area contributed by atoms with Crippen molar-refractivity contribution >= 4 is 40.2 Å². The maximum atomic E-state index is 13.4. The number of methoxy groups -OCH3 is 1. The van der Waals surface area contributed by atoms with Crippen LogP contribution in [0, 0.1) is 5.82 Å². The van der Waals surface area contributed by atoms with E-state index in [2.05, 4.69) is 19.8 Å². The largest absolute Gasteiger partial charge is 0.465 e. The summed E-state index contributed by atoms with van der Waals surface area (Å²) in [5, 5.41) is 4.62. The Hall–Kier alpha value is -2.25. The Kier molecular flexibility index (Phi) is 3.67. The molecule has 0 amide bonds. The standard InChI is InChI=1S/C13H7Cl2FN4O2/c1-22-12(21)7-4-6(16)2-3-9(7)20-11-8(5-17-20)10(14)18-13(15)19-11/h2-5H,1H3. The van der Waals surface area contributed by atoms with E-state index in [0.717, 1.165) is 6.07 Å². The summed E-state index contributed by atoms with van der Waals surface area (Å²) in [6, 6.07) is 3.64. The third kappa shape index (κ3) is 2.38. The van der Waals surface area contributed by atoms with Gasteiger partial charge >= 0.3 is 5.97 Å². The second-order valence-corrected chi connectivity index (χ2v) is 4.93. The summed E-state index contributed by atoms with van der Waals surface area (Å²) < 4.78 is 19.4. The minimum absolute atomic E-state index is 0.00152. The Labute approximate surface area is 133 Å². The van der Waals surface area contributed by atoms with Gasteiger partial charge in [0.05, 0.1) is 29.9 Å². The van der Waals surface area contributed by atoms with Crippen molar-refractivity contribution in [3.8, 4) is 5.69 Å². The fourth-order valence-corrected chi connectivity index (χ4v) is 2.41. The fraction of sp³-hybridized carbons (Fsp3) is 0.0769. The average molecular weight is 341 g/mol. The van der Waals surface area contributed by atoms with E-state index in [0.29, 0.717) is 11.0 Å². The first-order valence-electron chi connectivity index (χ1n) is 5.96. The van der Waals surface area contributed by atoms with Gasteiger partial charge in [-0.05, 0) is 29.8 Å². The third-order valence-corrected chi connectivity index (χ3v) is 3.40. The molecule has 0 aliphatic rings. The molecule has 0 aliphatic heterocycles. The predicted octanol–water partition coefficient (Wildman–Crippen LogP) is 3.05. The molecule has 0 fully saturated rings. The molecule has 9 heteroatoms. The zero-order valence-corrected chi connectivity index (χ0v) is 12.6. The van der Waals surface area contributed by atoms with E-state index in [-0.39, 0.29) is 21.7 Å². The molecule has 0 unspecified atom stereocenters. The maximum Gasteiger partial charge on any atom is 0.340 e. The molecular weight excluding hydrogens is 334 g/mol. The highest BCUT2D eigenvalue weighted by Gasteiger charge is 2.19. The topological polar surface area (TPSA) is 69.9 Å². The molecular formula is C13H7Cl2FN4O2.